The summed E-state index contributed by atoms with van der Waals surface area (Å²) >= 11 is 2.08. The molecule has 0 saturated carbocycles. The summed E-state index contributed by atoms with van der Waals surface area (Å²) in [4.78, 5) is 12.1. The van der Waals surface area contributed by atoms with Crippen molar-refractivity contribution in [3.05, 3.63) is 0 Å². The van der Waals surface area contributed by atoms with Crippen LogP contribution in [0.15, 0.2) is 0 Å². The molecule has 2 rings (SSSR count). The van der Waals surface area contributed by atoms with Gasteiger partial charge in [-0.15, -0.1) is 0 Å². The Balaban J connectivity index is 1.83. The predicted octanol–water partition coefficient (Wildman–Crippen LogP) is 4.51. The molecule has 1 N–H and O–H groups in total. The van der Waals surface area contributed by atoms with E-state index in [0.717, 1.165) is 18.1 Å². The fraction of sp³-hybridized carbons (Fsp3) is 0.952. The summed E-state index contributed by atoms with van der Waals surface area (Å²) in [7, 11) is 1.37. The third-order valence-corrected chi connectivity index (χ3v) is 7.32. The molecule has 2 fully saturated rings. The van der Waals surface area contributed by atoms with E-state index in [0.29, 0.717) is 36.0 Å². The van der Waals surface area contributed by atoms with Gasteiger partial charge in [0.25, 0.3) is 5.91 Å². The van der Waals surface area contributed by atoms with Gasteiger partial charge >= 0.3 is 0 Å². The molecular formula is C21H39NO4S. The molecule has 0 spiro atoms. The Morgan fingerprint density at radius 3 is 2.56 bits per heavy atom. The number of hydrogen-bond donors (Lipinski definition) is 1. The summed E-state index contributed by atoms with van der Waals surface area (Å²) in [5.74, 6) is 1.75. The minimum Gasteiger partial charge on any atom is -0.374 e. The molecule has 6 heteroatoms. The number of nitrogens with zero attached hydrogens (tertiary/aromatic N) is 1. The van der Waals surface area contributed by atoms with Gasteiger partial charge in [-0.25, -0.2) is 5.06 Å². The van der Waals surface area contributed by atoms with Gasteiger partial charge in [0.2, 0.25) is 0 Å². The minimum absolute atomic E-state index is 0.284. The number of carbonyl (C=O) groups is 1. The molecule has 0 aromatic heterocycles. The molecule has 2 saturated heterocycles. The molecule has 0 aliphatic carbocycles. The zero-order valence-corrected chi connectivity index (χ0v) is 18.4. The van der Waals surface area contributed by atoms with Gasteiger partial charge in [0.05, 0.1) is 18.8 Å². The molecule has 0 radical (unpaired) electrons. The Bertz CT molecular complexity index is 448. The smallest absolute Gasteiger partial charge is 0.274 e. The Labute approximate surface area is 169 Å². The standard InChI is InChI=1S/C21H39NO4S/c1-5-7-9-15(3)27-13-12-16-17(19-11-10-18(16)26-19)14-25-20(8-6-2)21(23)22(4)24/h15-20,24H,5-14H2,1-4H3. The zero-order chi connectivity index (χ0) is 19.8. The molecule has 2 heterocycles. The van der Waals surface area contributed by atoms with Crippen molar-refractivity contribution in [2.75, 3.05) is 19.4 Å². The normalized spacial score (nSPS) is 29.1. The average Bonchev–Trinajstić information content (AvgIpc) is 3.24. The van der Waals surface area contributed by atoms with E-state index in [-0.39, 0.29) is 12.0 Å². The van der Waals surface area contributed by atoms with E-state index in [2.05, 4.69) is 25.6 Å². The lowest BCUT2D eigenvalue weighted by molar-refractivity contribution is -0.174. The van der Waals surface area contributed by atoms with Gasteiger partial charge in [0.1, 0.15) is 6.10 Å². The van der Waals surface area contributed by atoms with E-state index in [1.807, 2.05) is 6.92 Å². The molecule has 2 aliphatic heterocycles. The molecule has 0 aromatic carbocycles. The number of hydrogen-bond acceptors (Lipinski definition) is 5. The van der Waals surface area contributed by atoms with Crippen LogP contribution in [0.4, 0.5) is 0 Å². The van der Waals surface area contributed by atoms with Crippen LogP contribution < -0.4 is 0 Å². The number of fused-ring (bicyclic) bond motifs is 2. The molecule has 158 valence electrons. The number of carbonyl (C=O) groups excluding carboxylic acids is 1. The zero-order valence-electron chi connectivity index (χ0n) is 17.6. The van der Waals surface area contributed by atoms with Crippen molar-refractivity contribution < 1.29 is 19.5 Å². The van der Waals surface area contributed by atoms with Crippen molar-refractivity contribution in [1.29, 1.82) is 0 Å². The second-order valence-corrected chi connectivity index (χ2v) is 9.75. The van der Waals surface area contributed by atoms with Crippen LogP contribution in [-0.2, 0) is 14.3 Å². The fourth-order valence-corrected chi connectivity index (χ4v) is 5.60. The highest BCUT2D eigenvalue weighted by molar-refractivity contribution is 7.99. The molecule has 2 aliphatic rings. The van der Waals surface area contributed by atoms with Crippen molar-refractivity contribution >= 4 is 17.7 Å². The number of amides is 1. The number of unbranched alkanes of at least 4 members (excludes halogenated alkanes) is 1. The molecule has 2 bridgehead atoms. The molecular weight excluding hydrogens is 362 g/mol. The molecule has 1 amide bonds. The first-order chi connectivity index (χ1) is 13.0. The van der Waals surface area contributed by atoms with Crippen LogP contribution in [0.3, 0.4) is 0 Å². The summed E-state index contributed by atoms with van der Waals surface area (Å²) in [6, 6.07) is 0. The number of likely N-dealkylation sites (N-methyl/N-ethyl adjacent to an activating group) is 1. The third-order valence-electron chi connectivity index (χ3n) is 6.04. The Morgan fingerprint density at radius 2 is 1.93 bits per heavy atom. The molecule has 5 nitrogen and oxygen atoms in total. The second kappa shape index (κ2) is 11.6. The van der Waals surface area contributed by atoms with Crippen molar-refractivity contribution in [3.8, 4) is 0 Å². The van der Waals surface area contributed by atoms with E-state index in [4.69, 9.17) is 9.47 Å². The number of rotatable bonds is 13. The van der Waals surface area contributed by atoms with E-state index < -0.39 is 6.10 Å². The first-order valence-corrected chi connectivity index (χ1v) is 11.9. The highest BCUT2D eigenvalue weighted by Crippen LogP contribution is 2.45. The summed E-state index contributed by atoms with van der Waals surface area (Å²) in [5.41, 5.74) is 0. The maximum atomic E-state index is 12.1. The van der Waals surface area contributed by atoms with Crippen LogP contribution >= 0.6 is 11.8 Å². The number of thioether (sulfide) groups is 1. The molecule has 0 aromatic rings. The van der Waals surface area contributed by atoms with Crippen molar-refractivity contribution in [3.63, 3.8) is 0 Å². The van der Waals surface area contributed by atoms with Crippen LogP contribution in [0.25, 0.3) is 0 Å². The van der Waals surface area contributed by atoms with Crippen LogP contribution in [0, 0.1) is 11.8 Å². The lowest BCUT2D eigenvalue weighted by Crippen LogP contribution is -2.39. The van der Waals surface area contributed by atoms with Gasteiger partial charge < -0.3 is 9.47 Å². The van der Waals surface area contributed by atoms with E-state index in [1.165, 1.54) is 44.9 Å². The largest absolute Gasteiger partial charge is 0.374 e. The maximum absolute atomic E-state index is 12.1. The first kappa shape index (κ1) is 23.0. The lowest BCUT2D eigenvalue weighted by atomic mass is 9.78. The SMILES string of the molecule is CCCCC(C)SCCC1C2CCC(O2)C1COC(CCC)C(=O)N(C)O. The Morgan fingerprint density at radius 1 is 1.22 bits per heavy atom. The van der Waals surface area contributed by atoms with Crippen molar-refractivity contribution in [2.24, 2.45) is 11.8 Å². The van der Waals surface area contributed by atoms with Gasteiger partial charge in [0, 0.05) is 18.2 Å². The molecule has 27 heavy (non-hydrogen) atoms. The lowest BCUT2D eigenvalue weighted by Gasteiger charge is -2.30. The Hall–Kier alpha value is -0.300. The third kappa shape index (κ3) is 6.62. The highest BCUT2D eigenvalue weighted by atomic mass is 32.2. The second-order valence-electron chi connectivity index (χ2n) is 8.20. The van der Waals surface area contributed by atoms with Gasteiger partial charge in [-0.1, -0.05) is 40.0 Å². The van der Waals surface area contributed by atoms with Crippen LogP contribution in [-0.4, -0.2) is 59.1 Å². The topological polar surface area (TPSA) is 59.0 Å². The summed E-state index contributed by atoms with van der Waals surface area (Å²) in [5, 5.41) is 10.9. The van der Waals surface area contributed by atoms with Crippen molar-refractivity contribution in [1.82, 2.24) is 5.06 Å². The van der Waals surface area contributed by atoms with E-state index in [1.54, 1.807) is 0 Å². The maximum Gasteiger partial charge on any atom is 0.274 e. The quantitative estimate of drug-likeness (QED) is 0.363. The fourth-order valence-electron chi connectivity index (χ4n) is 4.46. The highest BCUT2D eigenvalue weighted by Gasteiger charge is 2.48. The minimum atomic E-state index is -0.548. The number of hydroxylamine groups is 2. The van der Waals surface area contributed by atoms with Gasteiger partial charge in [0.15, 0.2) is 0 Å². The summed E-state index contributed by atoms with van der Waals surface area (Å²) < 4.78 is 12.2. The average molecular weight is 402 g/mol. The van der Waals surface area contributed by atoms with Crippen LogP contribution in [0.5, 0.6) is 0 Å². The predicted molar refractivity (Wildman–Crippen MR) is 110 cm³/mol. The first-order valence-electron chi connectivity index (χ1n) is 10.8. The van der Waals surface area contributed by atoms with E-state index >= 15 is 0 Å². The molecule has 6 unspecified atom stereocenters. The van der Waals surface area contributed by atoms with Gasteiger partial charge in [-0.2, -0.15) is 11.8 Å². The number of ether oxygens (including phenoxy) is 2. The van der Waals surface area contributed by atoms with E-state index in [9.17, 15) is 10.0 Å². The van der Waals surface area contributed by atoms with Gasteiger partial charge in [-0.3, -0.25) is 10.0 Å². The van der Waals surface area contributed by atoms with Gasteiger partial charge in [-0.05, 0) is 43.8 Å². The summed E-state index contributed by atoms with van der Waals surface area (Å²) in [6.45, 7) is 7.18. The van der Waals surface area contributed by atoms with Crippen LogP contribution in [0.2, 0.25) is 0 Å². The van der Waals surface area contributed by atoms with Crippen molar-refractivity contribution in [2.45, 2.75) is 95.7 Å². The monoisotopic (exact) mass is 401 g/mol. The molecule has 6 atom stereocenters. The van der Waals surface area contributed by atoms with Crippen LogP contribution in [0.1, 0.15) is 72.1 Å². The Kier molecular flexibility index (Phi) is 9.91. The summed E-state index contributed by atoms with van der Waals surface area (Å²) in [6.07, 6.45) is 8.93.